The SMILES string of the molecule is CCCS(=O)(=O)c1ccccc1C(=O)NC1CCCNC1.Cl. The van der Waals surface area contributed by atoms with Crippen molar-refractivity contribution in [3.63, 3.8) is 0 Å². The van der Waals surface area contributed by atoms with Crippen molar-refractivity contribution in [3.05, 3.63) is 29.8 Å². The Balaban J connectivity index is 0.00000242. The van der Waals surface area contributed by atoms with E-state index >= 15 is 0 Å². The first kappa shape index (κ1) is 18.9. The van der Waals surface area contributed by atoms with E-state index in [0.29, 0.717) is 6.42 Å². The lowest BCUT2D eigenvalue weighted by atomic mass is 10.1. The average molecular weight is 347 g/mol. The lowest BCUT2D eigenvalue weighted by Gasteiger charge is -2.24. The minimum Gasteiger partial charge on any atom is -0.348 e. The Morgan fingerprint density at radius 1 is 1.36 bits per heavy atom. The minimum absolute atomic E-state index is 0. The zero-order chi connectivity index (χ0) is 15.3. The van der Waals surface area contributed by atoms with Crippen LogP contribution < -0.4 is 10.6 Å². The molecule has 1 aromatic carbocycles. The van der Waals surface area contributed by atoms with Crippen molar-refractivity contribution < 1.29 is 13.2 Å². The summed E-state index contributed by atoms with van der Waals surface area (Å²) in [6.07, 6.45) is 2.47. The lowest BCUT2D eigenvalue weighted by molar-refractivity contribution is 0.0927. The Labute approximate surface area is 138 Å². The molecular formula is C15H23ClN2O3S. The van der Waals surface area contributed by atoms with Gasteiger partial charge in [0.1, 0.15) is 0 Å². The summed E-state index contributed by atoms with van der Waals surface area (Å²) in [6.45, 7) is 3.51. The van der Waals surface area contributed by atoms with Gasteiger partial charge in [-0.2, -0.15) is 0 Å². The number of halogens is 1. The highest BCUT2D eigenvalue weighted by atomic mass is 35.5. The molecule has 2 rings (SSSR count). The van der Waals surface area contributed by atoms with Gasteiger partial charge in [0, 0.05) is 12.6 Å². The third-order valence-electron chi connectivity index (χ3n) is 3.57. The first-order valence-corrected chi connectivity index (χ1v) is 9.03. The van der Waals surface area contributed by atoms with Gasteiger partial charge < -0.3 is 10.6 Å². The van der Waals surface area contributed by atoms with Crippen molar-refractivity contribution >= 4 is 28.2 Å². The van der Waals surface area contributed by atoms with E-state index in [2.05, 4.69) is 10.6 Å². The van der Waals surface area contributed by atoms with Crippen LogP contribution in [0.2, 0.25) is 0 Å². The van der Waals surface area contributed by atoms with E-state index < -0.39 is 9.84 Å². The molecule has 1 saturated heterocycles. The van der Waals surface area contributed by atoms with Crippen molar-refractivity contribution in [2.24, 2.45) is 0 Å². The number of hydrogen-bond donors (Lipinski definition) is 2. The molecule has 0 aliphatic carbocycles. The highest BCUT2D eigenvalue weighted by Gasteiger charge is 2.23. The fourth-order valence-corrected chi connectivity index (χ4v) is 4.08. The van der Waals surface area contributed by atoms with E-state index in [9.17, 15) is 13.2 Å². The summed E-state index contributed by atoms with van der Waals surface area (Å²) >= 11 is 0. The number of nitrogens with one attached hydrogen (secondary N) is 2. The molecule has 1 atom stereocenters. The second kappa shape index (κ2) is 8.50. The van der Waals surface area contributed by atoms with Crippen molar-refractivity contribution in [2.45, 2.75) is 37.1 Å². The topological polar surface area (TPSA) is 75.3 Å². The van der Waals surface area contributed by atoms with Crippen LogP contribution in [0.4, 0.5) is 0 Å². The van der Waals surface area contributed by atoms with Gasteiger partial charge in [0.25, 0.3) is 5.91 Å². The number of sulfone groups is 1. The Morgan fingerprint density at radius 2 is 2.09 bits per heavy atom. The van der Waals surface area contributed by atoms with E-state index in [0.717, 1.165) is 25.9 Å². The molecule has 1 amide bonds. The van der Waals surface area contributed by atoms with Crippen LogP contribution in [-0.2, 0) is 9.84 Å². The summed E-state index contributed by atoms with van der Waals surface area (Å²) in [5, 5.41) is 6.15. The number of amides is 1. The first-order valence-electron chi connectivity index (χ1n) is 7.38. The Morgan fingerprint density at radius 3 is 2.73 bits per heavy atom. The highest BCUT2D eigenvalue weighted by Crippen LogP contribution is 2.18. The molecule has 0 saturated carbocycles. The summed E-state index contributed by atoms with van der Waals surface area (Å²) in [7, 11) is -3.40. The standard InChI is InChI=1S/C15H22N2O3S.ClH/c1-2-10-21(19,20)14-8-4-3-7-13(14)15(18)17-12-6-5-9-16-11-12;/h3-4,7-8,12,16H,2,5-6,9-11H2,1H3,(H,17,18);1H. The Bertz CT molecular complexity index is 599. The van der Waals surface area contributed by atoms with Crippen molar-refractivity contribution in [1.29, 1.82) is 0 Å². The van der Waals surface area contributed by atoms with Crippen molar-refractivity contribution in [2.75, 3.05) is 18.8 Å². The lowest BCUT2D eigenvalue weighted by Crippen LogP contribution is -2.45. The smallest absolute Gasteiger partial charge is 0.252 e. The van der Waals surface area contributed by atoms with E-state index in [-0.39, 0.29) is 40.6 Å². The van der Waals surface area contributed by atoms with Gasteiger partial charge in [-0.15, -0.1) is 12.4 Å². The van der Waals surface area contributed by atoms with E-state index in [1.54, 1.807) is 18.2 Å². The van der Waals surface area contributed by atoms with E-state index in [4.69, 9.17) is 0 Å². The normalized spacial score (nSPS) is 18.3. The number of carbonyl (C=O) groups is 1. The molecule has 1 heterocycles. The molecule has 22 heavy (non-hydrogen) atoms. The predicted molar refractivity (Wildman–Crippen MR) is 89.4 cm³/mol. The molecule has 0 aromatic heterocycles. The number of rotatable bonds is 5. The zero-order valence-corrected chi connectivity index (χ0v) is 14.3. The number of piperidine rings is 1. The number of carbonyl (C=O) groups excluding carboxylic acids is 1. The summed E-state index contributed by atoms with van der Waals surface area (Å²) in [5.74, 6) is -0.249. The number of hydrogen-bond acceptors (Lipinski definition) is 4. The second-order valence-corrected chi connectivity index (χ2v) is 7.41. The van der Waals surface area contributed by atoms with Crippen molar-refractivity contribution in [1.82, 2.24) is 10.6 Å². The van der Waals surface area contributed by atoms with Crippen LogP contribution in [-0.4, -0.2) is 39.2 Å². The molecule has 124 valence electrons. The van der Waals surface area contributed by atoms with Crippen LogP contribution in [0.15, 0.2) is 29.2 Å². The molecule has 2 N–H and O–H groups in total. The van der Waals surface area contributed by atoms with Crippen LogP contribution in [0.5, 0.6) is 0 Å². The second-order valence-electron chi connectivity index (χ2n) is 5.33. The van der Waals surface area contributed by atoms with Crippen LogP contribution in [0.25, 0.3) is 0 Å². The summed E-state index contributed by atoms with van der Waals surface area (Å²) < 4.78 is 24.5. The maximum atomic E-state index is 12.4. The maximum Gasteiger partial charge on any atom is 0.252 e. The third kappa shape index (κ3) is 4.69. The van der Waals surface area contributed by atoms with Gasteiger partial charge in [-0.25, -0.2) is 8.42 Å². The summed E-state index contributed by atoms with van der Waals surface area (Å²) in [5.41, 5.74) is 0.247. The molecule has 1 aliphatic rings. The molecule has 1 unspecified atom stereocenters. The van der Waals surface area contributed by atoms with E-state index in [1.807, 2.05) is 6.92 Å². The molecule has 1 aromatic rings. The molecule has 0 spiro atoms. The largest absolute Gasteiger partial charge is 0.348 e. The zero-order valence-electron chi connectivity index (χ0n) is 12.7. The van der Waals surface area contributed by atoms with Crippen LogP contribution in [0.3, 0.4) is 0 Å². The predicted octanol–water partition coefficient (Wildman–Crippen LogP) is 1.77. The quantitative estimate of drug-likeness (QED) is 0.852. The molecule has 7 heteroatoms. The molecule has 1 fully saturated rings. The summed E-state index contributed by atoms with van der Waals surface area (Å²) in [6, 6.07) is 6.50. The van der Waals surface area contributed by atoms with Gasteiger partial charge in [0.05, 0.1) is 16.2 Å². The van der Waals surface area contributed by atoms with Crippen LogP contribution >= 0.6 is 12.4 Å². The van der Waals surface area contributed by atoms with Gasteiger partial charge in [-0.3, -0.25) is 4.79 Å². The first-order chi connectivity index (χ1) is 10.0. The fourth-order valence-electron chi connectivity index (χ4n) is 2.54. The van der Waals surface area contributed by atoms with Gasteiger partial charge in [0.15, 0.2) is 9.84 Å². The fraction of sp³-hybridized carbons (Fsp3) is 0.533. The van der Waals surface area contributed by atoms with Crippen LogP contribution in [0.1, 0.15) is 36.5 Å². The van der Waals surface area contributed by atoms with Gasteiger partial charge in [-0.1, -0.05) is 19.1 Å². The molecule has 0 radical (unpaired) electrons. The monoisotopic (exact) mass is 346 g/mol. The Hall–Kier alpha value is -1.11. The Kier molecular flexibility index (Phi) is 7.32. The molecule has 1 aliphatic heterocycles. The third-order valence-corrected chi connectivity index (χ3v) is 5.54. The molecule has 5 nitrogen and oxygen atoms in total. The maximum absolute atomic E-state index is 12.4. The number of benzene rings is 1. The summed E-state index contributed by atoms with van der Waals surface area (Å²) in [4.78, 5) is 12.5. The van der Waals surface area contributed by atoms with E-state index in [1.165, 1.54) is 6.07 Å². The molecular weight excluding hydrogens is 324 g/mol. The molecule has 0 bridgehead atoms. The van der Waals surface area contributed by atoms with Crippen LogP contribution in [0, 0.1) is 0 Å². The van der Waals surface area contributed by atoms with Gasteiger partial charge in [0.2, 0.25) is 0 Å². The highest BCUT2D eigenvalue weighted by molar-refractivity contribution is 7.91. The average Bonchev–Trinajstić information content (AvgIpc) is 2.48. The van der Waals surface area contributed by atoms with Crippen molar-refractivity contribution in [3.8, 4) is 0 Å². The minimum atomic E-state index is -3.40. The van der Waals surface area contributed by atoms with Gasteiger partial charge in [-0.05, 0) is 37.9 Å². The van der Waals surface area contributed by atoms with Gasteiger partial charge >= 0.3 is 0 Å².